The molecule has 1 aromatic rings. The lowest BCUT2D eigenvalue weighted by atomic mass is 9.94. The van der Waals surface area contributed by atoms with Crippen molar-refractivity contribution in [2.45, 2.75) is 57.4 Å². The Hall–Kier alpha value is -1.69. The Kier molecular flexibility index (Phi) is 6.14. The highest BCUT2D eigenvalue weighted by Gasteiger charge is 2.44. The van der Waals surface area contributed by atoms with Crippen molar-refractivity contribution in [2.75, 3.05) is 31.5 Å². The first-order valence-electron chi connectivity index (χ1n) is 10.8. The molecule has 1 heterocycles. The molecule has 3 fully saturated rings. The SMILES string of the molecule is O=C(Nc1ccc(F)c(F)c1)N(CCCCN1CCCC1)C1CCC2CC2C1. The molecule has 0 spiro atoms. The fourth-order valence-corrected chi connectivity index (χ4v) is 4.95. The minimum Gasteiger partial charge on any atom is -0.322 e. The number of rotatable bonds is 7. The number of urea groups is 1. The number of halogens is 2. The number of benzene rings is 1. The van der Waals surface area contributed by atoms with Gasteiger partial charge in [-0.05, 0) is 95.0 Å². The molecule has 0 radical (unpaired) electrons. The van der Waals surface area contributed by atoms with E-state index < -0.39 is 11.6 Å². The average Bonchev–Trinajstić information content (AvgIpc) is 3.27. The second-order valence-electron chi connectivity index (χ2n) is 8.73. The van der Waals surface area contributed by atoms with Crippen LogP contribution in [-0.4, -0.2) is 48.1 Å². The topological polar surface area (TPSA) is 35.6 Å². The van der Waals surface area contributed by atoms with Crippen molar-refractivity contribution >= 4 is 11.7 Å². The fourth-order valence-electron chi connectivity index (χ4n) is 4.95. The molecule has 0 aromatic heterocycles. The van der Waals surface area contributed by atoms with Crippen LogP contribution in [0.1, 0.15) is 51.4 Å². The lowest BCUT2D eigenvalue weighted by molar-refractivity contribution is 0.161. The summed E-state index contributed by atoms with van der Waals surface area (Å²) in [5, 5.41) is 2.79. The molecule has 0 bridgehead atoms. The Balaban J connectivity index is 1.34. The molecule has 2 aliphatic carbocycles. The maximum absolute atomic E-state index is 13.5. The predicted octanol–water partition coefficient (Wildman–Crippen LogP) is 4.86. The number of nitrogens with one attached hydrogen (secondary N) is 1. The minimum absolute atomic E-state index is 0.184. The molecular weight excluding hydrogens is 360 g/mol. The largest absolute Gasteiger partial charge is 0.322 e. The van der Waals surface area contributed by atoms with Crippen LogP contribution in [0, 0.1) is 23.5 Å². The van der Waals surface area contributed by atoms with Gasteiger partial charge in [-0.15, -0.1) is 0 Å². The van der Waals surface area contributed by atoms with Gasteiger partial charge in [0.05, 0.1) is 0 Å². The molecule has 4 nitrogen and oxygen atoms in total. The van der Waals surface area contributed by atoms with E-state index in [2.05, 4.69) is 10.2 Å². The molecule has 2 saturated carbocycles. The number of likely N-dealkylation sites (tertiary alicyclic amines) is 1. The van der Waals surface area contributed by atoms with Crippen LogP contribution in [0.2, 0.25) is 0 Å². The predicted molar refractivity (Wildman–Crippen MR) is 106 cm³/mol. The van der Waals surface area contributed by atoms with Gasteiger partial charge >= 0.3 is 6.03 Å². The lowest BCUT2D eigenvalue weighted by Gasteiger charge is -2.34. The zero-order valence-electron chi connectivity index (χ0n) is 16.5. The number of hydrogen-bond acceptors (Lipinski definition) is 2. The smallest absolute Gasteiger partial charge is 0.322 e. The van der Waals surface area contributed by atoms with Gasteiger partial charge in [-0.2, -0.15) is 0 Å². The van der Waals surface area contributed by atoms with Crippen molar-refractivity contribution in [1.29, 1.82) is 0 Å². The molecule has 1 N–H and O–H groups in total. The van der Waals surface area contributed by atoms with Crippen molar-refractivity contribution < 1.29 is 13.6 Å². The van der Waals surface area contributed by atoms with Gasteiger partial charge in [0, 0.05) is 24.3 Å². The van der Waals surface area contributed by atoms with E-state index in [1.165, 1.54) is 44.8 Å². The highest BCUT2D eigenvalue weighted by atomic mass is 19.2. The molecule has 1 saturated heterocycles. The van der Waals surface area contributed by atoms with E-state index in [1.807, 2.05) is 4.90 Å². The number of hydrogen-bond donors (Lipinski definition) is 1. The van der Waals surface area contributed by atoms with Gasteiger partial charge in [0.2, 0.25) is 0 Å². The van der Waals surface area contributed by atoms with Gasteiger partial charge in [-0.25, -0.2) is 13.6 Å². The summed E-state index contributed by atoms with van der Waals surface area (Å²) in [4.78, 5) is 17.4. The number of nitrogens with zero attached hydrogens (tertiary/aromatic N) is 2. The molecule has 3 atom stereocenters. The van der Waals surface area contributed by atoms with Gasteiger partial charge in [0.15, 0.2) is 11.6 Å². The first-order valence-corrected chi connectivity index (χ1v) is 10.8. The van der Waals surface area contributed by atoms with Crippen molar-refractivity contribution in [3.05, 3.63) is 29.8 Å². The molecular formula is C22H31F2N3O. The average molecular weight is 392 g/mol. The Morgan fingerprint density at radius 2 is 1.89 bits per heavy atom. The summed E-state index contributed by atoms with van der Waals surface area (Å²) in [6.07, 6.45) is 9.32. The lowest BCUT2D eigenvalue weighted by Crippen LogP contribution is -2.45. The number of amides is 2. The monoisotopic (exact) mass is 391 g/mol. The van der Waals surface area contributed by atoms with Gasteiger partial charge in [0.25, 0.3) is 0 Å². The van der Waals surface area contributed by atoms with Crippen molar-refractivity contribution in [2.24, 2.45) is 11.8 Å². The molecule has 28 heavy (non-hydrogen) atoms. The van der Waals surface area contributed by atoms with Crippen LogP contribution in [-0.2, 0) is 0 Å². The van der Waals surface area contributed by atoms with E-state index in [0.29, 0.717) is 5.69 Å². The van der Waals surface area contributed by atoms with Gasteiger partial charge in [0.1, 0.15) is 0 Å². The zero-order valence-corrected chi connectivity index (χ0v) is 16.5. The molecule has 3 aliphatic rings. The Morgan fingerprint density at radius 1 is 1.07 bits per heavy atom. The van der Waals surface area contributed by atoms with Crippen molar-refractivity contribution in [1.82, 2.24) is 9.80 Å². The maximum Gasteiger partial charge on any atom is 0.322 e. The molecule has 1 aliphatic heterocycles. The van der Waals surface area contributed by atoms with E-state index in [9.17, 15) is 13.6 Å². The molecule has 1 aromatic carbocycles. The van der Waals surface area contributed by atoms with Crippen LogP contribution in [0.15, 0.2) is 18.2 Å². The van der Waals surface area contributed by atoms with E-state index in [4.69, 9.17) is 0 Å². The summed E-state index contributed by atoms with van der Waals surface area (Å²) in [5.41, 5.74) is 0.311. The van der Waals surface area contributed by atoms with E-state index in [-0.39, 0.29) is 12.1 Å². The Bertz CT molecular complexity index is 692. The normalized spacial score (nSPS) is 26.7. The summed E-state index contributed by atoms with van der Waals surface area (Å²) < 4.78 is 26.7. The number of carbonyl (C=O) groups is 1. The van der Waals surface area contributed by atoms with Crippen LogP contribution >= 0.6 is 0 Å². The van der Waals surface area contributed by atoms with Crippen molar-refractivity contribution in [3.63, 3.8) is 0 Å². The third-order valence-electron chi connectivity index (χ3n) is 6.71. The van der Waals surface area contributed by atoms with Crippen LogP contribution in [0.3, 0.4) is 0 Å². The number of fused-ring (bicyclic) bond motifs is 1. The van der Waals surface area contributed by atoms with Crippen molar-refractivity contribution in [3.8, 4) is 0 Å². The number of unbranched alkanes of at least 4 members (excludes halogenated alkanes) is 1. The summed E-state index contributed by atoms with van der Waals surface area (Å²) in [6.45, 7) is 4.23. The van der Waals surface area contributed by atoms with E-state index >= 15 is 0 Å². The Labute approximate surface area is 166 Å². The van der Waals surface area contributed by atoms with Crippen LogP contribution in [0.25, 0.3) is 0 Å². The van der Waals surface area contributed by atoms with Crippen LogP contribution < -0.4 is 5.32 Å². The van der Waals surface area contributed by atoms with Crippen LogP contribution in [0.4, 0.5) is 19.3 Å². The quantitative estimate of drug-likeness (QED) is 0.674. The maximum atomic E-state index is 13.5. The molecule has 2 amide bonds. The summed E-state index contributed by atoms with van der Waals surface area (Å²) in [5.74, 6) is -0.179. The molecule has 154 valence electrons. The standard InChI is InChI=1S/C22H31F2N3O/c23-20-8-6-18(15-21(20)24)25-22(28)27(19-7-5-16-13-17(16)14-19)12-4-3-11-26-9-1-2-10-26/h6,8,15-17,19H,1-5,7,9-14H2,(H,25,28). The first kappa shape index (κ1) is 19.6. The second kappa shape index (κ2) is 8.76. The first-order chi connectivity index (χ1) is 13.6. The number of carbonyl (C=O) groups excluding carboxylic acids is 1. The van der Waals surface area contributed by atoms with E-state index in [1.54, 1.807) is 0 Å². The van der Waals surface area contributed by atoms with Gasteiger partial charge in [-0.3, -0.25) is 0 Å². The van der Waals surface area contributed by atoms with Gasteiger partial charge in [-0.1, -0.05) is 0 Å². The fraction of sp³-hybridized carbons (Fsp3) is 0.682. The van der Waals surface area contributed by atoms with Crippen LogP contribution in [0.5, 0.6) is 0 Å². The second-order valence-corrected chi connectivity index (χ2v) is 8.73. The third-order valence-corrected chi connectivity index (χ3v) is 6.71. The highest BCUT2D eigenvalue weighted by Crippen LogP contribution is 2.50. The molecule has 6 heteroatoms. The zero-order chi connectivity index (χ0) is 19.5. The summed E-state index contributed by atoms with van der Waals surface area (Å²) >= 11 is 0. The molecule has 3 unspecified atom stereocenters. The summed E-state index contributed by atoms with van der Waals surface area (Å²) in [7, 11) is 0. The Morgan fingerprint density at radius 3 is 2.64 bits per heavy atom. The van der Waals surface area contributed by atoms with Gasteiger partial charge < -0.3 is 15.1 Å². The highest BCUT2D eigenvalue weighted by molar-refractivity contribution is 5.89. The third kappa shape index (κ3) is 4.83. The summed E-state index contributed by atoms with van der Waals surface area (Å²) in [6, 6.07) is 3.61. The number of anilines is 1. The molecule has 4 rings (SSSR count). The minimum atomic E-state index is -0.937. The van der Waals surface area contributed by atoms with E-state index in [0.717, 1.165) is 62.7 Å².